The Morgan fingerprint density at radius 3 is 2.14 bits per heavy atom. The van der Waals surface area contributed by atoms with Crippen LogP contribution in [0.2, 0.25) is 0 Å². The fourth-order valence-corrected chi connectivity index (χ4v) is 2.61. The lowest BCUT2D eigenvalue weighted by Gasteiger charge is -2.20. The second kappa shape index (κ2) is 8.89. The van der Waals surface area contributed by atoms with Crippen LogP contribution in [-0.4, -0.2) is 16.9 Å². The van der Waals surface area contributed by atoms with Crippen molar-refractivity contribution in [2.75, 3.05) is 0 Å². The van der Waals surface area contributed by atoms with E-state index in [0.717, 1.165) is 0 Å². The van der Waals surface area contributed by atoms with Crippen LogP contribution >= 0.6 is 0 Å². The van der Waals surface area contributed by atoms with Gasteiger partial charge in [-0.1, -0.05) is 67.2 Å². The van der Waals surface area contributed by atoms with Gasteiger partial charge in [0.25, 0.3) is 6.29 Å². The first-order valence-corrected chi connectivity index (χ1v) is 8.96. The smallest absolute Gasteiger partial charge is 0.336 e. The number of benzene rings is 3. The second-order valence-electron chi connectivity index (χ2n) is 6.42. The lowest BCUT2D eigenvalue weighted by Crippen LogP contribution is -2.17. The van der Waals surface area contributed by atoms with Crippen molar-refractivity contribution in [2.24, 2.45) is 0 Å². The van der Waals surface area contributed by atoms with Crippen molar-refractivity contribution in [3.63, 3.8) is 0 Å². The van der Waals surface area contributed by atoms with E-state index in [1.54, 1.807) is 61.5 Å². The van der Waals surface area contributed by atoms with E-state index in [9.17, 15) is 14.7 Å². The summed E-state index contributed by atoms with van der Waals surface area (Å²) < 4.78 is 11.2. The molecular formula is C24H20O5. The maximum atomic E-state index is 12.6. The quantitative estimate of drug-likeness (QED) is 0.272. The van der Waals surface area contributed by atoms with Gasteiger partial charge in [0, 0.05) is 22.8 Å². The van der Waals surface area contributed by atoms with Crippen molar-refractivity contribution < 1.29 is 24.2 Å². The van der Waals surface area contributed by atoms with Crippen LogP contribution in [-0.2, 0) is 9.53 Å². The van der Waals surface area contributed by atoms with Crippen LogP contribution in [0.25, 0.3) is 0 Å². The monoisotopic (exact) mass is 388 g/mol. The molecule has 0 bridgehead atoms. The summed E-state index contributed by atoms with van der Waals surface area (Å²) in [6.07, 6.45) is -1.03. The summed E-state index contributed by atoms with van der Waals surface area (Å²) >= 11 is 0. The van der Waals surface area contributed by atoms with Crippen molar-refractivity contribution >= 4 is 11.8 Å². The van der Waals surface area contributed by atoms with Crippen LogP contribution in [0.1, 0.15) is 34.7 Å². The number of esters is 1. The number of carbonyl (C=O) groups is 2. The zero-order valence-corrected chi connectivity index (χ0v) is 15.9. The van der Waals surface area contributed by atoms with Gasteiger partial charge in [-0.15, -0.1) is 0 Å². The molecule has 0 heterocycles. The van der Waals surface area contributed by atoms with Gasteiger partial charge in [-0.3, -0.25) is 4.79 Å². The molecule has 0 amide bonds. The summed E-state index contributed by atoms with van der Waals surface area (Å²) in [5, 5.41) is 10.4. The molecule has 5 heteroatoms. The summed E-state index contributed by atoms with van der Waals surface area (Å²) in [5.41, 5.74) is 1.47. The molecule has 3 aromatic rings. The highest BCUT2D eigenvalue weighted by Gasteiger charge is 2.20. The SMILES string of the molecule is C=C(C)C(=O)OC(Oc1ccc(C(=O)c2ccccc2)c(O)c1)c1ccccc1. The van der Waals surface area contributed by atoms with Gasteiger partial charge >= 0.3 is 5.97 Å². The van der Waals surface area contributed by atoms with Gasteiger partial charge in [-0.25, -0.2) is 4.79 Å². The molecule has 0 radical (unpaired) electrons. The summed E-state index contributed by atoms with van der Waals surface area (Å²) in [7, 11) is 0. The van der Waals surface area contributed by atoms with E-state index in [1.807, 2.05) is 12.1 Å². The molecule has 0 saturated heterocycles. The summed E-state index contributed by atoms with van der Waals surface area (Å²) in [5.74, 6) is -0.883. The van der Waals surface area contributed by atoms with E-state index in [4.69, 9.17) is 9.47 Å². The number of hydrogen-bond donors (Lipinski definition) is 1. The van der Waals surface area contributed by atoms with Gasteiger partial charge in [0.1, 0.15) is 11.5 Å². The lowest BCUT2D eigenvalue weighted by atomic mass is 10.0. The largest absolute Gasteiger partial charge is 0.507 e. The standard InChI is InChI=1S/C24H20O5/c1-16(2)23(27)29-24(18-11-7-4-8-12-18)28-19-13-14-20(21(25)15-19)22(26)17-9-5-3-6-10-17/h3-15,24-25H,1H2,2H3. The Balaban J connectivity index is 1.85. The van der Waals surface area contributed by atoms with E-state index in [-0.39, 0.29) is 28.4 Å². The molecule has 0 spiro atoms. The van der Waals surface area contributed by atoms with Crippen LogP contribution in [0.5, 0.6) is 11.5 Å². The highest BCUT2D eigenvalue weighted by atomic mass is 16.7. The zero-order valence-electron chi connectivity index (χ0n) is 15.9. The third-order valence-electron chi connectivity index (χ3n) is 4.13. The molecule has 1 N–H and O–H groups in total. The van der Waals surface area contributed by atoms with Gasteiger partial charge in [0.15, 0.2) is 5.78 Å². The number of aromatic hydroxyl groups is 1. The predicted molar refractivity (Wildman–Crippen MR) is 109 cm³/mol. The van der Waals surface area contributed by atoms with Crippen molar-refractivity contribution in [2.45, 2.75) is 13.2 Å². The summed E-state index contributed by atoms with van der Waals surface area (Å²) in [6, 6.07) is 21.9. The zero-order chi connectivity index (χ0) is 20.8. The minimum absolute atomic E-state index is 0.152. The van der Waals surface area contributed by atoms with E-state index in [1.165, 1.54) is 12.1 Å². The molecule has 0 aliphatic heterocycles. The van der Waals surface area contributed by atoms with E-state index >= 15 is 0 Å². The van der Waals surface area contributed by atoms with Gasteiger partial charge in [0.05, 0.1) is 5.56 Å². The van der Waals surface area contributed by atoms with Crippen LogP contribution in [0.3, 0.4) is 0 Å². The highest BCUT2D eigenvalue weighted by molar-refractivity contribution is 6.10. The maximum absolute atomic E-state index is 12.6. The number of hydrogen-bond acceptors (Lipinski definition) is 5. The van der Waals surface area contributed by atoms with Gasteiger partial charge in [-0.2, -0.15) is 0 Å². The first-order valence-electron chi connectivity index (χ1n) is 8.96. The first-order chi connectivity index (χ1) is 14.0. The maximum Gasteiger partial charge on any atom is 0.336 e. The molecule has 0 fully saturated rings. The second-order valence-corrected chi connectivity index (χ2v) is 6.42. The van der Waals surface area contributed by atoms with Gasteiger partial charge in [-0.05, 0) is 19.1 Å². The van der Waals surface area contributed by atoms with E-state index in [0.29, 0.717) is 11.1 Å². The Kier molecular flexibility index (Phi) is 6.09. The average molecular weight is 388 g/mol. The molecular weight excluding hydrogens is 368 g/mol. The predicted octanol–water partition coefficient (Wildman–Crippen LogP) is 4.82. The molecule has 1 unspecified atom stereocenters. The van der Waals surface area contributed by atoms with Crippen LogP contribution in [0.4, 0.5) is 0 Å². The van der Waals surface area contributed by atoms with Crippen LogP contribution in [0, 0.1) is 0 Å². The average Bonchev–Trinajstić information content (AvgIpc) is 2.74. The highest BCUT2D eigenvalue weighted by Crippen LogP contribution is 2.30. The third kappa shape index (κ3) is 4.90. The first kappa shape index (κ1) is 19.9. The molecule has 3 aromatic carbocycles. The minimum Gasteiger partial charge on any atom is -0.507 e. The molecule has 5 nitrogen and oxygen atoms in total. The number of rotatable bonds is 7. The Labute approximate surface area is 168 Å². The van der Waals surface area contributed by atoms with Gasteiger partial charge < -0.3 is 14.6 Å². The molecule has 146 valence electrons. The Bertz CT molecular complexity index is 1030. The Morgan fingerprint density at radius 2 is 1.55 bits per heavy atom. The number of carbonyl (C=O) groups excluding carboxylic acids is 2. The molecule has 0 saturated carbocycles. The number of phenols is 1. The molecule has 1 atom stereocenters. The molecule has 0 aliphatic carbocycles. The van der Waals surface area contributed by atoms with E-state index < -0.39 is 12.3 Å². The number of ketones is 1. The lowest BCUT2D eigenvalue weighted by molar-refractivity contribution is -0.159. The summed E-state index contributed by atoms with van der Waals surface area (Å²) in [4.78, 5) is 24.6. The third-order valence-corrected chi connectivity index (χ3v) is 4.13. The molecule has 29 heavy (non-hydrogen) atoms. The molecule has 3 rings (SSSR count). The number of phenolic OH excluding ortho intramolecular Hbond substituents is 1. The van der Waals surface area contributed by atoms with Crippen molar-refractivity contribution in [1.82, 2.24) is 0 Å². The Hall–Kier alpha value is -3.86. The molecule has 0 aromatic heterocycles. The van der Waals surface area contributed by atoms with Crippen molar-refractivity contribution in [3.05, 3.63) is 108 Å². The fourth-order valence-electron chi connectivity index (χ4n) is 2.61. The van der Waals surface area contributed by atoms with Crippen molar-refractivity contribution in [1.29, 1.82) is 0 Å². The fraction of sp³-hybridized carbons (Fsp3) is 0.0833. The Morgan fingerprint density at radius 1 is 0.931 bits per heavy atom. The van der Waals surface area contributed by atoms with Crippen LogP contribution < -0.4 is 4.74 Å². The van der Waals surface area contributed by atoms with Crippen molar-refractivity contribution in [3.8, 4) is 11.5 Å². The normalized spacial score (nSPS) is 11.3. The van der Waals surface area contributed by atoms with Gasteiger partial charge in [0.2, 0.25) is 0 Å². The topological polar surface area (TPSA) is 72.8 Å². The minimum atomic E-state index is -1.03. The van der Waals surface area contributed by atoms with Crippen LogP contribution in [0.15, 0.2) is 91.0 Å². The van der Waals surface area contributed by atoms with E-state index in [2.05, 4.69) is 6.58 Å². The summed E-state index contributed by atoms with van der Waals surface area (Å²) in [6.45, 7) is 5.12. The number of ether oxygens (including phenoxy) is 2. The molecule has 0 aliphatic rings.